The van der Waals surface area contributed by atoms with Gasteiger partial charge in [0, 0.05) is 17.3 Å². The van der Waals surface area contributed by atoms with Crippen LogP contribution in [0.25, 0.3) is 11.1 Å². The Morgan fingerprint density at radius 3 is 2.59 bits per heavy atom. The van der Waals surface area contributed by atoms with Gasteiger partial charge in [0.25, 0.3) is 0 Å². The van der Waals surface area contributed by atoms with Crippen molar-refractivity contribution < 1.29 is 4.79 Å². The fraction of sp³-hybridized carbons (Fsp3) is 0.286. The van der Waals surface area contributed by atoms with E-state index in [0.717, 1.165) is 17.4 Å². The van der Waals surface area contributed by atoms with Crippen LogP contribution in [0.2, 0.25) is 0 Å². The topological polar surface area (TPSA) is 34.9 Å². The van der Waals surface area contributed by atoms with Crippen molar-refractivity contribution in [2.75, 3.05) is 0 Å². The van der Waals surface area contributed by atoms with E-state index in [4.69, 9.17) is 0 Å². The second-order valence-electron chi connectivity index (χ2n) is 5.09. The molecule has 88 valence electrons. The molecule has 2 aromatic rings. The first-order valence-electron chi connectivity index (χ1n) is 5.61. The lowest BCUT2D eigenvalue weighted by Gasteiger charge is -2.18. The molecule has 0 saturated heterocycles. The maximum atomic E-state index is 10.7. The van der Waals surface area contributed by atoms with E-state index in [2.05, 4.69) is 25.9 Å². The van der Waals surface area contributed by atoms with Crippen LogP contribution in [-0.4, -0.2) is 16.1 Å². The van der Waals surface area contributed by atoms with Crippen LogP contribution >= 0.6 is 0 Å². The Labute approximate surface area is 101 Å². The Hall–Kier alpha value is -1.90. The molecule has 0 saturated carbocycles. The first-order chi connectivity index (χ1) is 8.00. The summed E-state index contributed by atoms with van der Waals surface area (Å²) < 4.78 is 1.93. The summed E-state index contributed by atoms with van der Waals surface area (Å²) in [7, 11) is 0. The molecular weight excluding hydrogens is 212 g/mol. The summed E-state index contributed by atoms with van der Waals surface area (Å²) in [6.07, 6.45) is 4.69. The first kappa shape index (κ1) is 11.6. The van der Waals surface area contributed by atoms with Gasteiger partial charge in [-0.15, -0.1) is 0 Å². The molecule has 0 unspecified atom stereocenters. The fourth-order valence-electron chi connectivity index (χ4n) is 1.63. The van der Waals surface area contributed by atoms with Crippen molar-refractivity contribution in [2.24, 2.45) is 0 Å². The highest BCUT2D eigenvalue weighted by molar-refractivity contribution is 5.78. The third-order valence-corrected chi connectivity index (χ3v) is 2.63. The summed E-state index contributed by atoms with van der Waals surface area (Å²) in [6.45, 7) is 6.31. The molecule has 0 spiro atoms. The fourth-order valence-corrected chi connectivity index (χ4v) is 1.63. The summed E-state index contributed by atoms with van der Waals surface area (Å²) in [5, 5.41) is 4.35. The van der Waals surface area contributed by atoms with E-state index >= 15 is 0 Å². The minimum absolute atomic E-state index is 0.0273. The van der Waals surface area contributed by atoms with Gasteiger partial charge in [-0.2, -0.15) is 5.10 Å². The summed E-state index contributed by atoms with van der Waals surface area (Å²) in [6, 6.07) is 7.53. The van der Waals surface area contributed by atoms with E-state index in [-0.39, 0.29) is 5.54 Å². The standard InChI is InChI=1S/C14H16N2O/c1-14(2,3)16-9-13(8-15-16)12-6-4-5-11(7-12)10-17/h4-10H,1-3H3. The number of rotatable bonds is 2. The van der Waals surface area contributed by atoms with E-state index in [0.29, 0.717) is 5.56 Å². The molecule has 0 amide bonds. The number of hydrogen-bond donors (Lipinski definition) is 0. The zero-order valence-electron chi connectivity index (χ0n) is 10.3. The Morgan fingerprint density at radius 1 is 1.24 bits per heavy atom. The molecular formula is C14H16N2O. The predicted octanol–water partition coefficient (Wildman–Crippen LogP) is 3.12. The van der Waals surface area contributed by atoms with Gasteiger partial charge in [-0.25, -0.2) is 0 Å². The Morgan fingerprint density at radius 2 is 2.00 bits per heavy atom. The van der Waals surface area contributed by atoms with Crippen LogP contribution in [0.15, 0.2) is 36.7 Å². The number of carbonyl (C=O) groups excluding carboxylic acids is 1. The maximum absolute atomic E-state index is 10.7. The summed E-state index contributed by atoms with van der Waals surface area (Å²) in [4.78, 5) is 10.7. The second-order valence-corrected chi connectivity index (χ2v) is 5.09. The maximum Gasteiger partial charge on any atom is 0.150 e. The molecule has 0 aliphatic carbocycles. The van der Waals surface area contributed by atoms with Gasteiger partial charge in [-0.05, 0) is 32.4 Å². The van der Waals surface area contributed by atoms with Crippen LogP contribution in [-0.2, 0) is 5.54 Å². The Kier molecular flexibility index (Phi) is 2.84. The monoisotopic (exact) mass is 228 g/mol. The van der Waals surface area contributed by atoms with Crippen molar-refractivity contribution in [1.82, 2.24) is 9.78 Å². The average molecular weight is 228 g/mol. The van der Waals surface area contributed by atoms with Gasteiger partial charge in [0.2, 0.25) is 0 Å². The summed E-state index contributed by atoms with van der Waals surface area (Å²) in [5.41, 5.74) is 2.71. The number of benzene rings is 1. The molecule has 3 nitrogen and oxygen atoms in total. The smallest absolute Gasteiger partial charge is 0.150 e. The largest absolute Gasteiger partial charge is 0.298 e. The molecule has 17 heavy (non-hydrogen) atoms. The lowest BCUT2D eigenvalue weighted by molar-refractivity contribution is 0.112. The molecule has 1 heterocycles. The molecule has 1 aromatic heterocycles. The second kappa shape index (κ2) is 4.17. The van der Waals surface area contributed by atoms with Crippen LogP contribution in [0, 0.1) is 0 Å². The van der Waals surface area contributed by atoms with Crippen molar-refractivity contribution in [2.45, 2.75) is 26.3 Å². The number of aromatic nitrogens is 2. The minimum Gasteiger partial charge on any atom is -0.298 e. The van der Waals surface area contributed by atoms with Crippen molar-refractivity contribution >= 4 is 6.29 Å². The van der Waals surface area contributed by atoms with Gasteiger partial charge in [-0.1, -0.05) is 18.2 Å². The molecule has 3 heteroatoms. The highest BCUT2D eigenvalue weighted by atomic mass is 16.1. The van der Waals surface area contributed by atoms with Crippen molar-refractivity contribution in [3.05, 3.63) is 42.2 Å². The van der Waals surface area contributed by atoms with E-state index in [1.807, 2.05) is 35.3 Å². The minimum atomic E-state index is -0.0273. The number of aldehydes is 1. The first-order valence-corrected chi connectivity index (χ1v) is 5.61. The molecule has 0 radical (unpaired) electrons. The van der Waals surface area contributed by atoms with Crippen LogP contribution in [0.1, 0.15) is 31.1 Å². The normalized spacial score (nSPS) is 11.5. The van der Waals surface area contributed by atoms with Gasteiger partial charge in [0.05, 0.1) is 11.7 Å². The van der Waals surface area contributed by atoms with Gasteiger partial charge in [-0.3, -0.25) is 9.48 Å². The molecule has 0 N–H and O–H groups in total. The zero-order valence-corrected chi connectivity index (χ0v) is 10.3. The lowest BCUT2D eigenvalue weighted by atomic mass is 10.1. The summed E-state index contributed by atoms with van der Waals surface area (Å²) in [5.74, 6) is 0. The van der Waals surface area contributed by atoms with E-state index in [1.165, 1.54) is 0 Å². The van der Waals surface area contributed by atoms with Crippen LogP contribution in [0.4, 0.5) is 0 Å². The van der Waals surface area contributed by atoms with E-state index in [9.17, 15) is 4.79 Å². The third-order valence-electron chi connectivity index (χ3n) is 2.63. The van der Waals surface area contributed by atoms with Crippen LogP contribution in [0.3, 0.4) is 0 Å². The van der Waals surface area contributed by atoms with Gasteiger partial charge in [0.15, 0.2) is 0 Å². The molecule has 0 atom stereocenters. The lowest BCUT2D eigenvalue weighted by Crippen LogP contribution is -2.21. The molecule has 0 aliphatic heterocycles. The van der Waals surface area contributed by atoms with Crippen molar-refractivity contribution in [3.63, 3.8) is 0 Å². The number of carbonyl (C=O) groups is 1. The zero-order chi connectivity index (χ0) is 12.5. The third kappa shape index (κ3) is 2.44. The Bertz CT molecular complexity index is 535. The molecule has 2 rings (SSSR count). The molecule has 1 aromatic carbocycles. The molecule has 0 bridgehead atoms. The molecule has 0 aliphatic rings. The SMILES string of the molecule is CC(C)(C)n1cc(-c2cccc(C=O)c2)cn1. The van der Waals surface area contributed by atoms with E-state index in [1.54, 1.807) is 6.07 Å². The van der Waals surface area contributed by atoms with E-state index < -0.39 is 0 Å². The number of hydrogen-bond acceptors (Lipinski definition) is 2. The van der Waals surface area contributed by atoms with Crippen molar-refractivity contribution in [1.29, 1.82) is 0 Å². The number of nitrogens with zero attached hydrogens (tertiary/aromatic N) is 2. The van der Waals surface area contributed by atoms with Gasteiger partial charge >= 0.3 is 0 Å². The average Bonchev–Trinajstić information content (AvgIpc) is 2.78. The van der Waals surface area contributed by atoms with Gasteiger partial charge < -0.3 is 0 Å². The quantitative estimate of drug-likeness (QED) is 0.740. The Balaban J connectivity index is 2.40. The molecule has 0 fully saturated rings. The van der Waals surface area contributed by atoms with Gasteiger partial charge in [0.1, 0.15) is 6.29 Å². The van der Waals surface area contributed by atoms with Crippen LogP contribution in [0.5, 0.6) is 0 Å². The van der Waals surface area contributed by atoms with Crippen LogP contribution < -0.4 is 0 Å². The highest BCUT2D eigenvalue weighted by Crippen LogP contribution is 2.22. The summed E-state index contributed by atoms with van der Waals surface area (Å²) >= 11 is 0. The van der Waals surface area contributed by atoms with Crippen molar-refractivity contribution in [3.8, 4) is 11.1 Å². The highest BCUT2D eigenvalue weighted by Gasteiger charge is 2.14. The predicted molar refractivity (Wildman–Crippen MR) is 68.0 cm³/mol.